The van der Waals surface area contributed by atoms with E-state index in [-0.39, 0.29) is 6.61 Å². The first-order valence-corrected chi connectivity index (χ1v) is 7.27. The Morgan fingerprint density at radius 1 is 1.19 bits per heavy atom. The summed E-state index contributed by atoms with van der Waals surface area (Å²) in [5, 5.41) is 5.12. The van der Waals surface area contributed by atoms with Gasteiger partial charge in [0.1, 0.15) is 10.8 Å². The molecule has 0 bridgehead atoms. The Kier molecular flexibility index (Phi) is 3.83. The van der Waals surface area contributed by atoms with Crippen LogP contribution in [0.4, 0.5) is 0 Å². The highest BCUT2D eigenvalue weighted by Gasteiger charge is 2.05. The summed E-state index contributed by atoms with van der Waals surface area (Å²) in [6.07, 6.45) is 1.80. The number of rotatable bonds is 4. The molecule has 1 heterocycles. The molecule has 4 nitrogen and oxygen atoms in total. The third kappa shape index (κ3) is 3.03. The second-order valence-electron chi connectivity index (χ2n) is 4.43. The number of carbonyl (C=O) groups excluding carboxylic acids is 1. The lowest BCUT2D eigenvalue weighted by Crippen LogP contribution is -2.12. The van der Waals surface area contributed by atoms with Crippen molar-refractivity contribution in [2.45, 2.75) is 0 Å². The molecule has 0 saturated heterocycles. The number of aromatic nitrogens is 1. The summed E-state index contributed by atoms with van der Waals surface area (Å²) < 4.78 is 9.93. The molecule has 0 fully saturated rings. The summed E-state index contributed by atoms with van der Waals surface area (Å²) in [7, 11) is 1.34. The highest BCUT2D eigenvalue weighted by atomic mass is 32.1. The van der Waals surface area contributed by atoms with Crippen LogP contribution in [-0.4, -0.2) is 24.7 Å². The number of nitrogens with zero attached hydrogens (tertiary/aromatic N) is 1. The van der Waals surface area contributed by atoms with Gasteiger partial charge in [0.25, 0.3) is 0 Å². The van der Waals surface area contributed by atoms with Crippen molar-refractivity contribution in [2.24, 2.45) is 0 Å². The van der Waals surface area contributed by atoms with E-state index in [0.717, 1.165) is 21.3 Å². The van der Waals surface area contributed by atoms with Gasteiger partial charge in [0.15, 0.2) is 6.61 Å². The molecule has 0 amide bonds. The highest BCUT2D eigenvalue weighted by molar-refractivity contribution is 7.13. The summed E-state index contributed by atoms with van der Waals surface area (Å²) in [5.74, 6) is 0.254. The monoisotopic (exact) mass is 299 g/mol. The van der Waals surface area contributed by atoms with Crippen LogP contribution in [0.25, 0.3) is 21.3 Å². The van der Waals surface area contributed by atoms with Gasteiger partial charge in [-0.05, 0) is 29.0 Å². The van der Waals surface area contributed by atoms with Crippen molar-refractivity contribution in [3.05, 3.63) is 48.0 Å². The molecule has 3 rings (SSSR count). The zero-order chi connectivity index (χ0) is 14.7. The van der Waals surface area contributed by atoms with Crippen LogP contribution in [0.3, 0.4) is 0 Å². The molecule has 0 spiro atoms. The zero-order valence-corrected chi connectivity index (χ0v) is 12.2. The quantitative estimate of drug-likeness (QED) is 0.692. The topological polar surface area (TPSA) is 48.4 Å². The first kappa shape index (κ1) is 13.6. The van der Waals surface area contributed by atoms with E-state index in [0.29, 0.717) is 5.75 Å². The van der Waals surface area contributed by atoms with Crippen molar-refractivity contribution in [1.29, 1.82) is 0 Å². The number of fused-ring (bicyclic) bond motifs is 1. The molecule has 0 radical (unpaired) electrons. The van der Waals surface area contributed by atoms with Crippen molar-refractivity contribution >= 4 is 28.1 Å². The Morgan fingerprint density at radius 2 is 2.00 bits per heavy atom. The maximum atomic E-state index is 11.1. The van der Waals surface area contributed by atoms with Gasteiger partial charge >= 0.3 is 5.97 Å². The number of esters is 1. The molecule has 21 heavy (non-hydrogen) atoms. The number of benzene rings is 2. The van der Waals surface area contributed by atoms with Crippen LogP contribution in [0.1, 0.15) is 0 Å². The number of methoxy groups -OCH3 is 1. The molecule has 0 saturated carbocycles. The average Bonchev–Trinajstić information content (AvgIpc) is 3.06. The molecule has 1 aromatic heterocycles. The minimum absolute atomic E-state index is 0.0841. The van der Waals surface area contributed by atoms with Gasteiger partial charge in [-0.25, -0.2) is 9.78 Å². The Balaban J connectivity index is 1.86. The van der Waals surface area contributed by atoms with E-state index < -0.39 is 5.97 Å². The van der Waals surface area contributed by atoms with Crippen LogP contribution in [-0.2, 0) is 9.53 Å². The van der Waals surface area contributed by atoms with Gasteiger partial charge in [-0.2, -0.15) is 0 Å². The number of carbonyl (C=O) groups is 1. The van der Waals surface area contributed by atoms with Gasteiger partial charge in [-0.3, -0.25) is 0 Å². The van der Waals surface area contributed by atoms with Gasteiger partial charge in [0, 0.05) is 17.1 Å². The number of ether oxygens (including phenoxy) is 2. The smallest absolute Gasteiger partial charge is 0.343 e. The molecule has 3 aromatic rings. The lowest BCUT2D eigenvalue weighted by Gasteiger charge is -2.07. The van der Waals surface area contributed by atoms with Crippen LogP contribution in [0.2, 0.25) is 0 Å². The molecule has 0 atom stereocenters. The van der Waals surface area contributed by atoms with Crippen LogP contribution >= 0.6 is 11.3 Å². The number of thiazole rings is 1. The minimum Gasteiger partial charge on any atom is -0.482 e. The van der Waals surface area contributed by atoms with Crippen LogP contribution in [0.15, 0.2) is 48.0 Å². The van der Waals surface area contributed by atoms with E-state index in [1.165, 1.54) is 7.11 Å². The van der Waals surface area contributed by atoms with Gasteiger partial charge < -0.3 is 9.47 Å². The van der Waals surface area contributed by atoms with E-state index in [4.69, 9.17) is 4.74 Å². The lowest BCUT2D eigenvalue weighted by atomic mass is 10.1. The first-order valence-electron chi connectivity index (χ1n) is 6.39. The molecular weight excluding hydrogens is 286 g/mol. The summed E-state index contributed by atoms with van der Waals surface area (Å²) in [4.78, 5) is 15.4. The van der Waals surface area contributed by atoms with Crippen LogP contribution in [0, 0.1) is 0 Å². The molecular formula is C16H13NO3S. The van der Waals surface area contributed by atoms with E-state index in [1.54, 1.807) is 17.5 Å². The third-order valence-corrected chi connectivity index (χ3v) is 3.90. The molecule has 0 unspecified atom stereocenters. The maximum Gasteiger partial charge on any atom is 0.343 e. The van der Waals surface area contributed by atoms with Crippen molar-refractivity contribution < 1.29 is 14.3 Å². The van der Waals surface area contributed by atoms with Crippen molar-refractivity contribution in [3.63, 3.8) is 0 Å². The fourth-order valence-corrected chi connectivity index (χ4v) is 2.65. The van der Waals surface area contributed by atoms with Gasteiger partial charge in [0.05, 0.1) is 7.11 Å². The number of hydrogen-bond acceptors (Lipinski definition) is 5. The van der Waals surface area contributed by atoms with Gasteiger partial charge in [-0.1, -0.05) is 18.2 Å². The predicted octanol–water partition coefficient (Wildman–Crippen LogP) is 3.52. The molecule has 0 aliphatic heterocycles. The van der Waals surface area contributed by atoms with Crippen molar-refractivity contribution in [3.8, 4) is 16.3 Å². The van der Waals surface area contributed by atoms with Gasteiger partial charge in [0.2, 0.25) is 0 Å². The Morgan fingerprint density at radius 3 is 2.76 bits per heavy atom. The maximum absolute atomic E-state index is 11.1. The van der Waals surface area contributed by atoms with Crippen LogP contribution in [0.5, 0.6) is 5.75 Å². The largest absolute Gasteiger partial charge is 0.482 e. The third-order valence-electron chi connectivity index (χ3n) is 3.08. The minimum atomic E-state index is -0.394. The second kappa shape index (κ2) is 5.93. The zero-order valence-electron chi connectivity index (χ0n) is 11.4. The molecule has 106 valence electrons. The SMILES string of the molecule is COC(=O)COc1ccc2cc(-c3nccs3)ccc2c1. The van der Waals surface area contributed by atoms with Crippen molar-refractivity contribution in [1.82, 2.24) is 4.98 Å². The fraction of sp³-hybridized carbons (Fsp3) is 0.125. The molecule has 0 aliphatic rings. The fourth-order valence-electron chi connectivity index (χ4n) is 2.01. The summed E-state index contributed by atoms with van der Waals surface area (Å²) in [6.45, 7) is -0.0841. The predicted molar refractivity (Wildman–Crippen MR) is 82.6 cm³/mol. The molecule has 5 heteroatoms. The van der Waals surface area contributed by atoms with Crippen LogP contribution < -0.4 is 4.74 Å². The first-order chi connectivity index (χ1) is 10.3. The lowest BCUT2D eigenvalue weighted by molar-refractivity contribution is -0.142. The van der Waals surface area contributed by atoms with E-state index in [1.807, 2.05) is 35.7 Å². The molecule has 0 aliphatic carbocycles. The summed E-state index contributed by atoms with van der Waals surface area (Å²) in [6, 6.07) is 11.9. The van der Waals surface area contributed by atoms with Gasteiger partial charge in [-0.15, -0.1) is 11.3 Å². The Labute approximate surface area is 126 Å². The molecule has 2 aromatic carbocycles. The highest BCUT2D eigenvalue weighted by Crippen LogP contribution is 2.28. The Bertz CT molecular complexity index is 768. The van der Waals surface area contributed by atoms with E-state index >= 15 is 0 Å². The summed E-state index contributed by atoms with van der Waals surface area (Å²) >= 11 is 1.61. The second-order valence-corrected chi connectivity index (χ2v) is 5.32. The Hall–Kier alpha value is -2.40. The normalized spacial score (nSPS) is 10.5. The van der Waals surface area contributed by atoms with E-state index in [2.05, 4.69) is 15.8 Å². The average molecular weight is 299 g/mol. The number of hydrogen-bond donors (Lipinski definition) is 0. The van der Waals surface area contributed by atoms with E-state index in [9.17, 15) is 4.79 Å². The molecule has 0 N–H and O–H groups in total. The standard InChI is InChI=1S/C16H13NO3S/c1-19-15(18)10-20-14-5-4-11-8-13(3-2-12(11)9-14)16-17-6-7-21-16/h2-9H,10H2,1H3. The summed E-state index contributed by atoms with van der Waals surface area (Å²) in [5.41, 5.74) is 1.10. The van der Waals surface area contributed by atoms with Crippen molar-refractivity contribution in [2.75, 3.05) is 13.7 Å².